The summed E-state index contributed by atoms with van der Waals surface area (Å²) in [5, 5.41) is 4.11. The van der Waals surface area contributed by atoms with Crippen LogP contribution in [0.25, 0.3) is 0 Å². The number of nitrogens with two attached hydrogens (primary N) is 1. The summed E-state index contributed by atoms with van der Waals surface area (Å²) in [6.07, 6.45) is 8.95. The van der Waals surface area contributed by atoms with Gasteiger partial charge < -0.3 is 5.73 Å². The number of urea groups is 1. The lowest BCUT2D eigenvalue weighted by Crippen LogP contribution is -2.29. The molecule has 0 spiro atoms. The van der Waals surface area contributed by atoms with Gasteiger partial charge in [-0.2, -0.15) is 5.10 Å². The number of nitrogens with zero attached hydrogens (tertiary/aromatic N) is 1. The van der Waals surface area contributed by atoms with Gasteiger partial charge >= 0.3 is 6.03 Å². The lowest BCUT2D eigenvalue weighted by molar-refractivity contribution is 0.249. The van der Waals surface area contributed by atoms with Crippen LogP contribution in [-0.2, 0) is 0 Å². The predicted octanol–water partition coefficient (Wildman–Crippen LogP) is 3.03. The maximum atomic E-state index is 10.7. The van der Waals surface area contributed by atoms with Crippen LogP contribution < -0.4 is 11.2 Å². The van der Waals surface area contributed by atoms with Crippen molar-refractivity contribution in [2.45, 2.75) is 58.8 Å². The summed E-state index contributed by atoms with van der Waals surface area (Å²) in [7, 11) is 0. The van der Waals surface area contributed by atoms with Gasteiger partial charge in [-0.05, 0) is 32.1 Å². The van der Waals surface area contributed by atoms with Crippen molar-refractivity contribution >= 4 is 11.7 Å². The van der Waals surface area contributed by atoms with Gasteiger partial charge in [0.05, 0.1) is 0 Å². The Kier molecular flexibility index (Phi) is 6.01. The van der Waals surface area contributed by atoms with Gasteiger partial charge in [-0.3, -0.25) is 0 Å². The van der Waals surface area contributed by atoms with E-state index in [0.29, 0.717) is 5.92 Å². The minimum absolute atomic E-state index is 0.507. The molecule has 1 saturated carbocycles. The molecule has 1 fully saturated rings. The molecule has 17 heavy (non-hydrogen) atoms. The van der Waals surface area contributed by atoms with Crippen LogP contribution in [0.15, 0.2) is 5.10 Å². The molecular weight excluding hydrogens is 214 g/mol. The smallest absolute Gasteiger partial charge is 0.332 e. The molecule has 98 valence electrons. The molecule has 2 amide bonds. The number of carbonyl (C=O) groups is 1. The Morgan fingerprint density at radius 1 is 1.41 bits per heavy atom. The van der Waals surface area contributed by atoms with Gasteiger partial charge in [0, 0.05) is 11.6 Å². The first-order chi connectivity index (χ1) is 8.15. The fraction of sp³-hybridized carbons (Fsp3) is 0.846. The number of hydrazone groups is 1. The molecule has 0 unspecified atom stereocenters. The monoisotopic (exact) mass is 239 g/mol. The Hall–Kier alpha value is -1.06. The van der Waals surface area contributed by atoms with Gasteiger partial charge in [0.2, 0.25) is 0 Å². The minimum Gasteiger partial charge on any atom is -0.350 e. The highest BCUT2D eigenvalue weighted by Gasteiger charge is 2.25. The van der Waals surface area contributed by atoms with E-state index < -0.39 is 6.03 Å². The zero-order valence-electron chi connectivity index (χ0n) is 11.0. The number of carbonyl (C=O) groups excluding carboxylic acids is 1. The lowest BCUT2D eigenvalue weighted by atomic mass is 9.76. The molecule has 0 aromatic heterocycles. The first kappa shape index (κ1) is 14.0. The third kappa shape index (κ3) is 4.75. The van der Waals surface area contributed by atoms with Crippen LogP contribution in [-0.4, -0.2) is 11.7 Å². The number of nitrogens with one attached hydrogen (secondary N) is 1. The molecule has 1 atom stereocenters. The predicted molar refractivity (Wildman–Crippen MR) is 70.8 cm³/mol. The van der Waals surface area contributed by atoms with Crippen molar-refractivity contribution in [3.63, 3.8) is 0 Å². The third-order valence-corrected chi connectivity index (χ3v) is 3.70. The Morgan fingerprint density at radius 2 is 2.06 bits per heavy atom. The topological polar surface area (TPSA) is 67.5 Å². The van der Waals surface area contributed by atoms with E-state index in [1.807, 2.05) is 6.92 Å². The summed E-state index contributed by atoms with van der Waals surface area (Å²) < 4.78 is 0. The first-order valence-corrected chi connectivity index (χ1v) is 6.74. The molecule has 0 radical (unpaired) electrons. The number of rotatable bonds is 5. The molecule has 3 N–H and O–H groups in total. The highest BCUT2D eigenvalue weighted by Crippen LogP contribution is 2.33. The van der Waals surface area contributed by atoms with E-state index in [-0.39, 0.29) is 0 Å². The molecule has 0 aromatic carbocycles. The fourth-order valence-corrected chi connectivity index (χ4v) is 2.86. The summed E-state index contributed by atoms with van der Waals surface area (Å²) in [6.45, 7) is 4.20. The maximum Gasteiger partial charge on any atom is 0.332 e. The summed E-state index contributed by atoms with van der Waals surface area (Å²) in [4.78, 5) is 10.7. The molecule has 0 aromatic rings. The second-order valence-electron chi connectivity index (χ2n) is 5.02. The van der Waals surface area contributed by atoms with Crippen molar-refractivity contribution in [2.24, 2.45) is 22.7 Å². The zero-order valence-corrected chi connectivity index (χ0v) is 11.0. The molecule has 1 aliphatic rings. The summed E-state index contributed by atoms with van der Waals surface area (Å²) in [6, 6.07) is -0.580. The molecule has 0 saturated heterocycles. The van der Waals surface area contributed by atoms with Crippen LogP contribution in [0.2, 0.25) is 0 Å². The van der Waals surface area contributed by atoms with Gasteiger partial charge in [0.15, 0.2) is 0 Å². The van der Waals surface area contributed by atoms with Gasteiger partial charge in [-0.15, -0.1) is 0 Å². The van der Waals surface area contributed by atoms with Crippen molar-refractivity contribution in [3.8, 4) is 0 Å². The minimum atomic E-state index is -0.580. The molecule has 0 heterocycles. The van der Waals surface area contributed by atoms with Gasteiger partial charge in [-0.25, -0.2) is 10.2 Å². The number of primary amides is 1. The van der Waals surface area contributed by atoms with E-state index in [1.165, 1.54) is 32.1 Å². The van der Waals surface area contributed by atoms with Crippen LogP contribution in [0.3, 0.4) is 0 Å². The Labute approximate surface area is 104 Å². The van der Waals surface area contributed by atoms with Crippen LogP contribution in [0.4, 0.5) is 4.79 Å². The molecule has 1 rings (SSSR count). The van der Waals surface area contributed by atoms with E-state index in [0.717, 1.165) is 24.5 Å². The second kappa shape index (κ2) is 7.30. The van der Waals surface area contributed by atoms with Crippen LogP contribution in [0.1, 0.15) is 58.8 Å². The first-order valence-electron chi connectivity index (χ1n) is 6.74. The van der Waals surface area contributed by atoms with Crippen molar-refractivity contribution in [1.82, 2.24) is 5.43 Å². The molecule has 4 heteroatoms. The maximum absolute atomic E-state index is 10.7. The average Bonchev–Trinajstić information content (AvgIpc) is 2.34. The normalized spacial score (nSPS) is 20.0. The van der Waals surface area contributed by atoms with Gasteiger partial charge in [-0.1, -0.05) is 32.6 Å². The average molecular weight is 239 g/mol. The van der Waals surface area contributed by atoms with E-state index in [2.05, 4.69) is 17.5 Å². The summed E-state index contributed by atoms with van der Waals surface area (Å²) >= 11 is 0. The molecule has 4 nitrogen and oxygen atoms in total. The Morgan fingerprint density at radius 3 is 2.59 bits per heavy atom. The van der Waals surface area contributed by atoms with Gasteiger partial charge in [0.25, 0.3) is 0 Å². The second-order valence-corrected chi connectivity index (χ2v) is 5.02. The van der Waals surface area contributed by atoms with Crippen molar-refractivity contribution in [3.05, 3.63) is 0 Å². The van der Waals surface area contributed by atoms with E-state index >= 15 is 0 Å². The van der Waals surface area contributed by atoms with Crippen molar-refractivity contribution in [2.75, 3.05) is 0 Å². The highest BCUT2D eigenvalue weighted by atomic mass is 16.2. The van der Waals surface area contributed by atoms with Crippen molar-refractivity contribution < 1.29 is 4.79 Å². The Balaban J connectivity index is 2.62. The molecular formula is C13H25N3O. The molecule has 1 aliphatic carbocycles. The quantitative estimate of drug-likeness (QED) is 0.562. The third-order valence-electron chi connectivity index (χ3n) is 3.70. The largest absolute Gasteiger partial charge is 0.350 e. The highest BCUT2D eigenvalue weighted by molar-refractivity contribution is 5.86. The van der Waals surface area contributed by atoms with Crippen LogP contribution >= 0.6 is 0 Å². The van der Waals surface area contributed by atoms with E-state index in [4.69, 9.17) is 5.73 Å². The van der Waals surface area contributed by atoms with E-state index in [1.54, 1.807) is 0 Å². The SMILES string of the molecule is CCC[C@@H](/C(C)=N/NC(N)=O)C1CCCCC1. The van der Waals surface area contributed by atoms with Crippen LogP contribution in [0.5, 0.6) is 0 Å². The van der Waals surface area contributed by atoms with Crippen LogP contribution in [0, 0.1) is 11.8 Å². The molecule has 0 bridgehead atoms. The Bertz CT molecular complexity index is 270. The molecule has 0 aliphatic heterocycles. The summed E-state index contributed by atoms with van der Waals surface area (Å²) in [5.74, 6) is 1.24. The number of hydrogen-bond acceptors (Lipinski definition) is 2. The number of amides is 2. The standard InChI is InChI=1S/C13H25N3O/c1-3-7-12(10(2)15-16-13(14)17)11-8-5-4-6-9-11/h11-12H,3-9H2,1-2H3,(H3,14,16,17)/b15-10+/t12-/m0/s1. The van der Waals surface area contributed by atoms with Crippen molar-refractivity contribution in [1.29, 1.82) is 0 Å². The summed E-state index contributed by atoms with van der Waals surface area (Å²) in [5.41, 5.74) is 8.41. The zero-order chi connectivity index (χ0) is 12.7. The van der Waals surface area contributed by atoms with E-state index in [9.17, 15) is 4.79 Å². The lowest BCUT2D eigenvalue weighted by Gasteiger charge is -2.30. The van der Waals surface area contributed by atoms with Gasteiger partial charge in [0.1, 0.15) is 0 Å². The fourth-order valence-electron chi connectivity index (χ4n) is 2.86. The number of hydrogen-bond donors (Lipinski definition) is 2.